The quantitative estimate of drug-likeness (QED) is 0.664. The Morgan fingerprint density at radius 2 is 1.80 bits per heavy atom. The normalized spacial score (nSPS) is 20.3. The first kappa shape index (κ1) is 12.5. The minimum absolute atomic E-state index is 0.984. The van der Waals surface area contributed by atoms with Gasteiger partial charge in [0.1, 0.15) is 0 Å². The fourth-order valence-electron chi connectivity index (χ4n) is 1.67. The molecule has 84 valence electrons. The summed E-state index contributed by atoms with van der Waals surface area (Å²) in [6.45, 7) is 5.24. The molecule has 1 heterocycles. The predicted molar refractivity (Wildman–Crippen MR) is 69.2 cm³/mol. The Morgan fingerprint density at radius 3 is 2.33 bits per heavy atom. The number of hydrogen-bond acceptors (Lipinski definition) is 1. The van der Waals surface area contributed by atoms with Crippen LogP contribution in [0.4, 0.5) is 0 Å². The van der Waals surface area contributed by atoms with Crippen LogP contribution >= 0.6 is 0 Å². The van der Waals surface area contributed by atoms with Crippen LogP contribution in [0.25, 0.3) is 0 Å². The molecule has 2 rings (SSSR count). The SMILES string of the molecule is CCC.c1ccc([SiH]2CCCCO2)cc1. The fourth-order valence-corrected chi connectivity index (χ4v) is 4.13. The molecule has 1 aliphatic heterocycles. The van der Waals surface area contributed by atoms with Gasteiger partial charge in [0.05, 0.1) is 0 Å². The number of benzene rings is 1. The summed E-state index contributed by atoms with van der Waals surface area (Å²) < 4.78 is 5.80. The monoisotopic (exact) mass is 222 g/mol. The average Bonchev–Trinajstić information content (AvgIpc) is 2.32. The maximum absolute atomic E-state index is 5.80. The second-order valence-corrected chi connectivity index (χ2v) is 6.53. The lowest BCUT2D eigenvalue weighted by Crippen LogP contribution is -2.36. The zero-order valence-corrected chi connectivity index (χ0v) is 11.1. The van der Waals surface area contributed by atoms with Gasteiger partial charge in [0.15, 0.2) is 0 Å². The van der Waals surface area contributed by atoms with Crippen LogP contribution in [-0.4, -0.2) is 15.6 Å². The minimum atomic E-state index is -0.984. The lowest BCUT2D eigenvalue weighted by Gasteiger charge is -2.21. The first-order valence-electron chi connectivity index (χ1n) is 6.05. The Balaban J connectivity index is 0.000000337. The molecule has 0 aromatic heterocycles. The molecule has 0 saturated carbocycles. The molecule has 1 atom stereocenters. The van der Waals surface area contributed by atoms with Crippen molar-refractivity contribution in [2.24, 2.45) is 0 Å². The van der Waals surface area contributed by atoms with E-state index in [1.54, 1.807) is 0 Å². The third-order valence-corrected chi connectivity index (χ3v) is 5.05. The van der Waals surface area contributed by atoms with Gasteiger partial charge in [-0.25, -0.2) is 0 Å². The van der Waals surface area contributed by atoms with Crippen LogP contribution in [0.15, 0.2) is 30.3 Å². The van der Waals surface area contributed by atoms with Crippen molar-refractivity contribution in [2.75, 3.05) is 6.61 Å². The topological polar surface area (TPSA) is 9.23 Å². The zero-order chi connectivity index (χ0) is 10.9. The van der Waals surface area contributed by atoms with Crippen LogP contribution in [0, 0.1) is 0 Å². The summed E-state index contributed by atoms with van der Waals surface area (Å²) in [5.41, 5.74) is 0. The van der Waals surface area contributed by atoms with Crippen molar-refractivity contribution >= 4 is 14.2 Å². The molecule has 0 spiro atoms. The molecule has 1 saturated heterocycles. The van der Waals surface area contributed by atoms with Gasteiger partial charge in [0.25, 0.3) is 0 Å². The van der Waals surface area contributed by atoms with E-state index in [2.05, 4.69) is 44.2 Å². The summed E-state index contributed by atoms with van der Waals surface area (Å²) in [4.78, 5) is 0. The summed E-state index contributed by atoms with van der Waals surface area (Å²) in [6, 6.07) is 12.0. The van der Waals surface area contributed by atoms with Crippen molar-refractivity contribution < 1.29 is 4.43 Å². The summed E-state index contributed by atoms with van der Waals surface area (Å²) >= 11 is 0. The molecular formula is C13H22OSi. The molecule has 0 aliphatic carbocycles. The van der Waals surface area contributed by atoms with Gasteiger partial charge in [0, 0.05) is 6.61 Å². The van der Waals surface area contributed by atoms with Crippen LogP contribution in [0.2, 0.25) is 6.04 Å². The maximum atomic E-state index is 5.80. The van der Waals surface area contributed by atoms with Gasteiger partial charge in [0.2, 0.25) is 9.04 Å². The summed E-state index contributed by atoms with van der Waals surface area (Å²) in [5.74, 6) is 0. The molecule has 0 bridgehead atoms. The average molecular weight is 222 g/mol. The molecule has 0 radical (unpaired) electrons. The van der Waals surface area contributed by atoms with Crippen LogP contribution in [0.5, 0.6) is 0 Å². The highest BCUT2D eigenvalue weighted by atomic mass is 28.3. The van der Waals surface area contributed by atoms with Crippen molar-refractivity contribution in [2.45, 2.75) is 39.2 Å². The van der Waals surface area contributed by atoms with Crippen LogP contribution < -0.4 is 5.19 Å². The Hall–Kier alpha value is -0.603. The zero-order valence-electron chi connectivity index (χ0n) is 9.91. The van der Waals surface area contributed by atoms with Crippen molar-refractivity contribution in [3.63, 3.8) is 0 Å². The molecule has 1 nitrogen and oxygen atoms in total. The molecule has 0 N–H and O–H groups in total. The third-order valence-electron chi connectivity index (χ3n) is 2.35. The van der Waals surface area contributed by atoms with Crippen LogP contribution in [0.1, 0.15) is 33.1 Å². The van der Waals surface area contributed by atoms with E-state index < -0.39 is 9.04 Å². The van der Waals surface area contributed by atoms with Crippen LogP contribution in [0.3, 0.4) is 0 Å². The molecule has 15 heavy (non-hydrogen) atoms. The molecular weight excluding hydrogens is 200 g/mol. The second-order valence-electron chi connectivity index (χ2n) is 3.97. The molecule has 1 aromatic carbocycles. The van der Waals surface area contributed by atoms with E-state index in [0.29, 0.717) is 0 Å². The van der Waals surface area contributed by atoms with E-state index in [9.17, 15) is 0 Å². The first-order valence-corrected chi connectivity index (χ1v) is 7.91. The fraction of sp³-hybridized carbons (Fsp3) is 0.538. The second kappa shape index (κ2) is 7.66. The van der Waals surface area contributed by atoms with Gasteiger partial charge < -0.3 is 4.43 Å². The Kier molecular flexibility index (Phi) is 6.36. The Morgan fingerprint density at radius 1 is 1.13 bits per heavy atom. The van der Waals surface area contributed by atoms with Crippen LogP contribution in [-0.2, 0) is 4.43 Å². The minimum Gasteiger partial charge on any atom is -0.415 e. The third kappa shape index (κ3) is 4.63. The van der Waals surface area contributed by atoms with E-state index in [0.717, 1.165) is 6.61 Å². The van der Waals surface area contributed by atoms with E-state index >= 15 is 0 Å². The van der Waals surface area contributed by atoms with Crippen molar-refractivity contribution in [1.82, 2.24) is 0 Å². The first-order chi connectivity index (χ1) is 7.38. The Labute approximate surface area is 95.2 Å². The molecule has 0 amide bonds. The summed E-state index contributed by atoms with van der Waals surface area (Å²) in [6.07, 6.45) is 3.88. The van der Waals surface area contributed by atoms with E-state index in [4.69, 9.17) is 4.43 Å². The lowest BCUT2D eigenvalue weighted by atomic mass is 10.3. The predicted octanol–water partition coefficient (Wildman–Crippen LogP) is 2.84. The van der Waals surface area contributed by atoms with E-state index in [-0.39, 0.29) is 0 Å². The van der Waals surface area contributed by atoms with E-state index in [1.165, 1.54) is 30.5 Å². The van der Waals surface area contributed by atoms with Gasteiger partial charge in [-0.2, -0.15) is 0 Å². The smallest absolute Gasteiger partial charge is 0.208 e. The molecule has 1 aliphatic rings. The van der Waals surface area contributed by atoms with Crippen molar-refractivity contribution in [3.05, 3.63) is 30.3 Å². The summed E-state index contributed by atoms with van der Waals surface area (Å²) in [5, 5.41) is 1.47. The largest absolute Gasteiger partial charge is 0.415 e. The standard InChI is InChI=1S/C10H14OSi.C3H8/c1-2-6-10(7-3-1)12-9-5-4-8-11-12;1-3-2/h1-3,6-7,12H,4-5,8-9H2;3H2,1-2H3. The number of hydrogen-bond donors (Lipinski definition) is 0. The molecule has 2 heteroatoms. The van der Waals surface area contributed by atoms with Gasteiger partial charge in [-0.3, -0.25) is 0 Å². The highest BCUT2D eigenvalue weighted by molar-refractivity contribution is 6.67. The van der Waals surface area contributed by atoms with E-state index in [1.807, 2.05) is 0 Å². The molecule has 1 unspecified atom stereocenters. The molecule has 1 aromatic rings. The van der Waals surface area contributed by atoms with Gasteiger partial charge in [-0.15, -0.1) is 0 Å². The lowest BCUT2D eigenvalue weighted by molar-refractivity contribution is 0.294. The van der Waals surface area contributed by atoms with Gasteiger partial charge >= 0.3 is 0 Å². The highest BCUT2D eigenvalue weighted by Gasteiger charge is 2.17. The van der Waals surface area contributed by atoms with Crippen molar-refractivity contribution in [1.29, 1.82) is 0 Å². The van der Waals surface area contributed by atoms with Crippen molar-refractivity contribution in [3.8, 4) is 0 Å². The highest BCUT2D eigenvalue weighted by Crippen LogP contribution is 2.10. The Bertz CT molecular complexity index is 242. The molecule has 1 fully saturated rings. The maximum Gasteiger partial charge on any atom is 0.208 e. The van der Waals surface area contributed by atoms with Gasteiger partial charge in [-0.1, -0.05) is 57.0 Å². The number of rotatable bonds is 1. The van der Waals surface area contributed by atoms with Gasteiger partial charge in [-0.05, 0) is 17.7 Å². The summed E-state index contributed by atoms with van der Waals surface area (Å²) in [7, 11) is -0.984.